The zero-order valence-corrected chi connectivity index (χ0v) is 7.68. The van der Waals surface area contributed by atoms with Crippen molar-refractivity contribution in [3.63, 3.8) is 0 Å². The van der Waals surface area contributed by atoms with Gasteiger partial charge in [0.15, 0.2) is 0 Å². The van der Waals surface area contributed by atoms with E-state index in [-0.39, 0.29) is 17.0 Å². The molecule has 0 aliphatic heterocycles. The van der Waals surface area contributed by atoms with E-state index in [0.29, 0.717) is 0 Å². The van der Waals surface area contributed by atoms with Crippen molar-refractivity contribution in [2.75, 3.05) is 0 Å². The van der Waals surface area contributed by atoms with Crippen LogP contribution in [0.3, 0.4) is 0 Å². The lowest BCUT2D eigenvalue weighted by Gasteiger charge is -2.03. The molecule has 1 rings (SSSR count). The molecular formula is C9H5ClFNO2. The molecule has 0 bridgehead atoms. The number of hydrogen-bond acceptors (Lipinski definition) is 2. The molecule has 3 nitrogen and oxygen atoms in total. The largest absolute Gasteiger partial charge is 0.478 e. The van der Waals surface area contributed by atoms with Crippen LogP contribution in [-0.2, 0) is 5.88 Å². The average molecular weight is 214 g/mol. The molecule has 0 amide bonds. The Morgan fingerprint density at radius 1 is 1.64 bits per heavy atom. The van der Waals surface area contributed by atoms with Crippen LogP contribution in [0.25, 0.3) is 0 Å². The monoisotopic (exact) mass is 213 g/mol. The van der Waals surface area contributed by atoms with E-state index in [2.05, 4.69) is 0 Å². The Kier molecular flexibility index (Phi) is 3.05. The van der Waals surface area contributed by atoms with Gasteiger partial charge in [0, 0.05) is 5.56 Å². The van der Waals surface area contributed by atoms with Crippen molar-refractivity contribution in [2.24, 2.45) is 0 Å². The fraction of sp³-hybridized carbons (Fsp3) is 0.111. The number of carbonyl (C=O) groups is 1. The maximum absolute atomic E-state index is 13.3. The Hall–Kier alpha value is -1.60. The van der Waals surface area contributed by atoms with E-state index in [4.69, 9.17) is 22.0 Å². The van der Waals surface area contributed by atoms with E-state index >= 15 is 0 Å². The average Bonchev–Trinajstić information content (AvgIpc) is 2.17. The van der Waals surface area contributed by atoms with Gasteiger partial charge in [-0.05, 0) is 6.07 Å². The predicted molar refractivity (Wildman–Crippen MR) is 47.6 cm³/mol. The number of halogens is 2. The zero-order chi connectivity index (χ0) is 10.7. The first-order chi connectivity index (χ1) is 6.61. The highest BCUT2D eigenvalue weighted by molar-refractivity contribution is 6.17. The van der Waals surface area contributed by atoms with E-state index in [9.17, 15) is 9.18 Å². The number of carboxylic acids is 1. The van der Waals surface area contributed by atoms with Gasteiger partial charge < -0.3 is 5.11 Å². The SMILES string of the molecule is N#Cc1c(C(=O)O)ccc(CCl)c1F. The van der Waals surface area contributed by atoms with Crippen molar-refractivity contribution in [1.29, 1.82) is 5.26 Å². The minimum absolute atomic E-state index is 0.0968. The molecule has 1 aromatic carbocycles. The minimum Gasteiger partial charge on any atom is -0.478 e. The van der Waals surface area contributed by atoms with E-state index < -0.39 is 17.3 Å². The van der Waals surface area contributed by atoms with E-state index in [1.54, 1.807) is 0 Å². The van der Waals surface area contributed by atoms with E-state index in [1.165, 1.54) is 18.2 Å². The number of hydrogen-bond donors (Lipinski definition) is 1. The normalized spacial score (nSPS) is 9.50. The molecule has 0 saturated heterocycles. The summed E-state index contributed by atoms with van der Waals surface area (Å²) in [5.74, 6) is -2.29. The van der Waals surface area contributed by atoms with Gasteiger partial charge in [-0.1, -0.05) is 6.07 Å². The summed E-state index contributed by atoms with van der Waals surface area (Å²) in [6.07, 6.45) is 0. The molecule has 0 radical (unpaired) electrons. The molecule has 14 heavy (non-hydrogen) atoms. The highest BCUT2D eigenvalue weighted by atomic mass is 35.5. The molecule has 0 heterocycles. The standard InChI is InChI=1S/C9H5ClFNO2/c10-3-5-1-2-6(9(13)14)7(4-12)8(5)11/h1-2H,3H2,(H,13,14). The molecule has 0 aromatic heterocycles. The second-order valence-corrected chi connectivity index (χ2v) is 2.78. The van der Waals surface area contributed by atoms with Crippen LogP contribution in [-0.4, -0.2) is 11.1 Å². The lowest BCUT2D eigenvalue weighted by Crippen LogP contribution is -2.04. The van der Waals surface area contributed by atoms with Gasteiger partial charge in [0.05, 0.1) is 11.4 Å². The lowest BCUT2D eigenvalue weighted by molar-refractivity contribution is 0.0696. The van der Waals surface area contributed by atoms with Gasteiger partial charge in [0.25, 0.3) is 0 Å². The van der Waals surface area contributed by atoms with Crippen LogP contribution in [0, 0.1) is 17.1 Å². The predicted octanol–water partition coefficient (Wildman–Crippen LogP) is 2.13. The van der Waals surface area contributed by atoms with Gasteiger partial charge in [-0.3, -0.25) is 0 Å². The molecule has 0 saturated carbocycles. The number of alkyl halides is 1. The second-order valence-electron chi connectivity index (χ2n) is 2.51. The first kappa shape index (κ1) is 10.5. The Morgan fingerprint density at radius 2 is 2.29 bits per heavy atom. The lowest BCUT2D eigenvalue weighted by atomic mass is 10.0. The molecule has 0 unspecified atom stereocenters. The molecule has 0 spiro atoms. The number of nitriles is 1. The summed E-state index contributed by atoms with van der Waals surface area (Å²) in [4.78, 5) is 10.6. The Bertz CT molecular complexity index is 426. The maximum atomic E-state index is 13.3. The summed E-state index contributed by atoms with van der Waals surface area (Å²) >= 11 is 5.40. The van der Waals surface area contributed by atoms with Crippen LogP contribution < -0.4 is 0 Å². The summed E-state index contributed by atoms with van der Waals surface area (Å²) in [5.41, 5.74) is -0.706. The van der Waals surface area contributed by atoms with Gasteiger partial charge in [-0.25, -0.2) is 9.18 Å². The summed E-state index contributed by atoms with van der Waals surface area (Å²) in [7, 11) is 0. The number of nitrogens with zero attached hydrogens (tertiary/aromatic N) is 1. The Balaban J connectivity index is 3.45. The van der Waals surface area contributed by atoms with Crippen LogP contribution >= 0.6 is 11.6 Å². The number of carboxylic acid groups (broad SMARTS) is 1. The number of aromatic carboxylic acids is 1. The van der Waals surface area contributed by atoms with Gasteiger partial charge in [-0.2, -0.15) is 5.26 Å². The first-order valence-electron chi connectivity index (χ1n) is 3.62. The van der Waals surface area contributed by atoms with Crippen LogP contribution in [0.2, 0.25) is 0 Å². The third-order valence-corrected chi connectivity index (χ3v) is 2.00. The summed E-state index contributed by atoms with van der Waals surface area (Å²) < 4.78 is 13.3. The fourth-order valence-corrected chi connectivity index (χ4v) is 1.22. The molecule has 72 valence electrons. The van der Waals surface area contributed by atoms with Gasteiger partial charge in [0.1, 0.15) is 17.4 Å². The van der Waals surface area contributed by atoms with Gasteiger partial charge >= 0.3 is 5.97 Å². The molecule has 5 heteroatoms. The third kappa shape index (κ3) is 1.68. The molecule has 1 N–H and O–H groups in total. The van der Waals surface area contributed by atoms with Crippen LogP contribution in [0.15, 0.2) is 12.1 Å². The van der Waals surface area contributed by atoms with Crippen molar-refractivity contribution in [1.82, 2.24) is 0 Å². The van der Waals surface area contributed by atoms with Gasteiger partial charge in [0.2, 0.25) is 0 Å². The van der Waals surface area contributed by atoms with Crippen molar-refractivity contribution in [3.05, 3.63) is 34.6 Å². The van der Waals surface area contributed by atoms with E-state index in [1.807, 2.05) is 0 Å². The summed E-state index contributed by atoms with van der Waals surface area (Å²) in [6.45, 7) is 0. The molecule has 0 aliphatic rings. The maximum Gasteiger partial charge on any atom is 0.337 e. The van der Waals surface area contributed by atoms with Crippen molar-refractivity contribution < 1.29 is 14.3 Å². The third-order valence-electron chi connectivity index (χ3n) is 1.71. The quantitative estimate of drug-likeness (QED) is 0.766. The van der Waals surface area contributed by atoms with Crippen LogP contribution in [0.1, 0.15) is 21.5 Å². The van der Waals surface area contributed by atoms with Gasteiger partial charge in [-0.15, -0.1) is 11.6 Å². The highest BCUT2D eigenvalue weighted by Crippen LogP contribution is 2.18. The van der Waals surface area contributed by atoms with Crippen molar-refractivity contribution >= 4 is 17.6 Å². The summed E-state index contributed by atoms with van der Waals surface area (Å²) in [6, 6.07) is 3.93. The topological polar surface area (TPSA) is 61.1 Å². The first-order valence-corrected chi connectivity index (χ1v) is 4.16. The van der Waals surface area contributed by atoms with E-state index in [0.717, 1.165) is 0 Å². The highest BCUT2D eigenvalue weighted by Gasteiger charge is 2.16. The number of rotatable bonds is 2. The smallest absolute Gasteiger partial charge is 0.337 e. The minimum atomic E-state index is -1.33. The van der Waals surface area contributed by atoms with Crippen molar-refractivity contribution in [2.45, 2.75) is 5.88 Å². The molecular weight excluding hydrogens is 209 g/mol. The summed E-state index contributed by atoms with van der Waals surface area (Å²) in [5, 5.41) is 17.2. The second kappa shape index (κ2) is 4.07. The van der Waals surface area contributed by atoms with Crippen LogP contribution in [0.5, 0.6) is 0 Å². The molecule has 0 atom stereocenters. The zero-order valence-electron chi connectivity index (χ0n) is 6.92. The van der Waals surface area contributed by atoms with Crippen molar-refractivity contribution in [3.8, 4) is 6.07 Å². The molecule has 0 aliphatic carbocycles. The number of benzene rings is 1. The molecule has 1 aromatic rings. The van der Waals surface area contributed by atoms with Crippen LogP contribution in [0.4, 0.5) is 4.39 Å². The Labute approximate surface area is 84.3 Å². The fourth-order valence-electron chi connectivity index (χ4n) is 1.01. The Morgan fingerprint density at radius 3 is 2.71 bits per heavy atom. The molecule has 0 fully saturated rings.